The molecule has 1 aromatic rings. The summed E-state index contributed by atoms with van der Waals surface area (Å²) in [5.41, 5.74) is 1.98. The molecule has 0 N–H and O–H groups in total. The van der Waals surface area contributed by atoms with E-state index in [1.807, 2.05) is 12.1 Å². The Bertz CT molecular complexity index is 520. The first-order valence-electron chi connectivity index (χ1n) is 8.46. The Morgan fingerprint density at radius 2 is 1.83 bits per heavy atom. The molecule has 5 heteroatoms. The molecule has 0 unspecified atom stereocenters. The van der Waals surface area contributed by atoms with Crippen LogP contribution >= 0.6 is 0 Å². The Hall–Kier alpha value is -1.45. The molecule has 5 nitrogen and oxygen atoms in total. The Labute approximate surface area is 138 Å². The van der Waals surface area contributed by atoms with Gasteiger partial charge in [0.15, 0.2) is 0 Å². The molecular formula is C18H25N3O2. The van der Waals surface area contributed by atoms with E-state index >= 15 is 0 Å². The van der Waals surface area contributed by atoms with Gasteiger partial charge >= 0.3 is 0 Å². The van der Waals surface area contributed by atoms with Crippen LogP contribution in [0.25, 0.3) is 0 Å². The van der Waals surface area contributed by atoms with Gasteiger partial charge in [-0.15, -0.1) is 0 Å². The van der Waals surface area contributed by atoms with E-state index < -0.39 is 0 Å². The van der Waals surface area contributed by atoms with Crippen LogP contribution in [0.2, 0.25) is 0 Å². The predicted octanol–water partition coefficient (Wildman–Crippen LogP) is 1.48. The number of benzene rings is 1. The number of hydrogen-bond donors (Lipinski definition) is 0. The summed E-state index contributed by atoms with van der Waals surface area (Å²) in [6.45, 7) is 8.49. The van der Waals surface area contributed by atoms with E-state index in [2.05, 4.69) is 28.0 Å². The van der Waals surface area contributed by atoms with E-state index in [0.717, 1.165) is 71.1 Å². The number of morpholine rings is 1. The van der Waals surface area contributed by atoms with Crippen LogP contribution in [0.3, 0.4) is 0 Å². The molecule has 1 aromatic carbocycles. The first-order valence-corrected chi connectivity index (χ1v) is 8.46. The minimum atomic E-state index is 0.272. The van der Waals surface area contributed by atoms with Crippen molar-refractivity contribution in [3.63, 3.8) is 0 Å². The van der Waals surface area contributed by atoms with E-state index in [1.165, 1.54) is 5.56 Å². The number of ether oxygens (including phenoxy) is 2. The zero-order chi connectivity index (χ0) is 15.9. The van der Waals surface area contributed by atoms with Crippen molar-refractivity contribution in [2.75, 3.05) is 52.5 Å². The standard InChI is InChI=1S/C18H25N3O2/c19-12-16-2-4-17(5-3-16)13-21-6-1-9-23-18(15-21)14-20-7-10-22-11-8-20/h2-5,18H,1,6-11,13-15H2/t18-/m0/s1. The second-order valence-electron chi connectivity index (χ2n) is 6.30. The SMILES string of the molecule is N#Cc1ccc(CN2CCCO[C@@H](CN3CCOCC3)C2)cc1. The summed E-state index contributed by atoms with van der Waals surface area (Å²) in [5.74, 6) is 0. The van der Waals surface area contributed by atoms with Crippen molar-refractivity contribution >= 4 is 0 Å². The van der Waals surface area contributed by atoms with Crippen molar-refractivity contribution < 1.29 is 9.47 Å². The monoisotopic (exact) mass is 315 g/mol. The topological polar surface area (TPSA) is 48.7 Å². The maximum absolute atomic E-state index is 8.89. The minimum absolute atomic E-state index is 0.272. The van der Waals surface area contributed by atoms with Crippen LogP contribution < -0.4 is 0 Å². The van der Waals surface area contributed by atoms with Gasteiger partial charge in [0.1, 0.15) is 0 Å². The molecule has 2 aliphatic rings. The molecule has 1 atom stereocenters. The lowest BCUT2D eigenvalue weighted by Gasteiger charge is -2.31. The van der Waals surface area contributed by atoms with Crippen molar-refractivity contribution in [2.45, 2.75) is 19.1 Å². The van der Waals surface area contributed by atoms with Gasteiger partial charge in [-0.05, 0) is 24.1 Å². The van der Waals surface area contributed by atoms with Gasteiger partial charge in [0, 0.05) is 45.9 Å². The van der Waals surface area contributed by atoms with Crippen LogP contribution in [0, 0.1) is 11.3 Å². The van der Waals surface area contributed by atoms with E-state index in [1.54, 1.807) is 0 Å². The van der Waals surface area contributed by atoms with Crippen LogP contribution in [-0.2, 0) is 16.0 Å². The van der Waals surface area contributed by atoms with E-state index in [4.69, 9.17) is 14.7 Å². The van der Waals surface area contributed by atoms with Crippen LogP contribution in [-0.4, -0.2) is 68.4 Å². The molecule has 2 saturated heterocycles. The highest BCUT2D eigenvalue weighted by Gasteiger charge is 2.22. The van der Waals surface area contributed by atoms with E-state index in [-0.39, 0.29) is 6.10 Å². The largest absolute Gasteiger partial charge is 0.379 e. The van der Waals surface area contributed by atoms with Gasteiger partial charge in [-0.2, -0.15) is 5.26 Å². The Morgan fingerprint density at radius 1 is 1.04 bits per heavy atom. The summed E-state index contributed by atoms with van der Waals surface area (Å²) in [6, 6.07) is 10.1. The van der Waals surface area contributed by atoms with E-state index in [9.17, 15) is 0 Å². The van der Waals surface area contributed by atoms with Gasteiger partial charge < -0.3 is 9.47 Å². The third-order valence-corrected chi connectivity index (χ3v) is 4.49. The van der Waals surface area contributed by atoms with Crippen LogP contribution in [0.5, 0.6) is 0 Å². The average Bonchev–Trinajstić information content (AvgIpc) is 2.81. The predicted molar refractivity (Wildman–Crippen MR) is 88.1 cm³/mol. The van der Waals surface area contributed by atoms with Crippen LogP contribution in [0.1, 0.15) is 17.5 Å². The molecule has 0 bridgehead atoms. The zero-order valence-corrected chi connectivity index (χ0v) is 13.6. The van der Waals surface area contributed by atoms with Gasteiger partial charge in [-0.3, -0.25) is 9.80 Å². The van der Waals surface area contributed by atoms with Crippen molar-refractivity contribution in [1.82, 2.24) is 9.80 Å². The molecule has 0 saturated carbocycles. The summed E-state index contributed by atoms with van der Waals surface area (Å²) in [7, 11) is 0. The second kappa shape index (κ2) is 8.42. The Balaban J connectivity index is 1.54. The normalized spacial score (nSPS) is 24.0. The fraction of sp³-hybridized carbons (Fsp3) is 0.611. The van der Waals surface area contributed by atoms with Gasteiger partial charge in [-0.25, -0.2) is 0 Å². The zero-order valence-electron chi connectivity index (χ0n) is 13.6. The lowest BCUT2D eigenvalue weighted by atomic mass is 10.1. The molecule has 0 spiro atoms. The molecule has 0 aromatic heterocycles. The molecule has 3 rings (SSSR count). The molecule has 23 heavy (non-hydrogen) atoms. The number of nitriles is 1. The molecule has 124 valence electrons. The lowest BCUT2D eigenvalue weighted by Crippen LogP contribution is -2.44. The molecule has 0 radical (unpaired) electrons. The molecule has 0 aliphatic carbocycles. The quantitative estimate of drug-likeness (QED) is 0.842. The summed E-state index contributed by atoms with van der Waals surface area (Å²) >= 11 is 0. The van der Waals surface area contributed by atoms with Crippen LogP contribution in [0.15, 0.2) is 24.3 Å². The van der Waals surface area contributed by atoms with Crippen molar-refractivity contribution in [2.24, 2.45) is 0 Å². The maximum Gasteiger partial charge on any atom is 0.0991 e. The highest BCUT2D eigenvalue weighted by molar-refractivity contribution is 5.31. The first-order chi connectivity index (χ1) is 11.3. The van der Waals surface area contributed by atoms with Gasteiger partial charge in [0.05, 0.1) is 31.0 Å². The maximum atomic E-state index is 8.89. The van der Waals surface area contributed by atoms with E-state index in [0.29, 0.717) is 0 Å². The number of hydrogen-bond acceptors (Lipinski definition) is 5. The smallest absolute Gasteiger partial charge is 0.0991 e. The highest BCUT2D eigenvalue weighted by atomic mass is 16.5. The van der Waals surface area contributed by atoms with Gasteiger partial charge in [0.25, 0.3) is 0 Å². The second-order valence-corrected chi connectivity index (χ2v) is 6.30. The molecular weight excluding hydrogens is 290 g/mol. The summed E-state index contributed by atoms with van der Waals surface area (Å²) in [4.78, 5) is 4.92. The number of nitrogens with zero attached hydrogens (tertiary/aromatic N) is 3. The van der Waals surface area contributed by atoms with Crippen molar-refractivity contribution in [3.05, 3.63) is 35.4 Å². The Kier molecular flexibility index (Phi) is 6.00. The third-order valence-electron chi connectivity index (χ3n) is 4.49. The van der Waals surface area contributed by atoms with Crippen molar-refractivity contribution in [3.8, 4) is 6.07 Å². The molecule has 2 fully saturated rings. The molecule has 0 amide bonds. The fourth-order valence-electron chi connectivity index (χ4n) is 3.24. The van der Waals surface area contributed by atoms with Crippen molar-refractivity contribution in [1.29, 1.82) is 5.26 Å². The summed E-state index contributed by atoms with van der Waals surface area (Å²) < 4.78 is 11.5. The first kappa shape index (κ1) is 16.4. The Morgan fingerprint density at radius 3 is 2.57 bits per heavy atom. The fourth-order valence-corrected chi connectivity index (χ4v) is 3.24. The molecule has 2 aliphatic heterocycles. The summed E-state index contributed by atoms with van der Waals surface area (Å²) in [5, 5.41) is 8.89. The minimum Gasteiger partial charge on any atom is -0.379 e. The highest BCUT2D eigenvalue weighted by Crippen LogP contribution is 2.13. The van der Waals surface area contributed by atoms with Gasteiger partial charge in [0.2, 0.25) is 0 Å². The average molecular weight is 315 g/mol. The third kappa shape index (κ3) is 5.02. The lowest BCUT2D eigenvalue weighted by molar-refractivity contribution is -0.0122. The van der Waals surface area contributed by atoms with Crippen LogP contribution in [0.4, 0.5) is 0 Å². The summed E-state index contributed by atoms with van der Waals surface area (Å²) in [6.07, 6.45) is 1.35. The molecule has 2 heterocycles. The number of rotatable bonds is 4. The van der Waals surface area contributed by atoms with Gasteiger partial charge in [-0.1, -0.05) is 12.1 Å².